The smallest absolute Gasteiger partial charge is 0.0828 e. The molecule has 2 heterocycles. The molecule has 2 heteroatoms. The normalized spacial score (nSPS) is 31.3. The summed E-state index contributed by atoms with van der Waals surface area (Å²) >= 11 is 0. The first-order chi connectivity index (χ1) is 9.35. The molecule has 3 rings (SSSR count). The Kier molecular flexibility index (Phi) is 4.19. The van der Waals surface area contributed by atoms with Crippen LogP contribution in [0.1, 0.15) is 57.1 Å². The Bertz CT molecular complexity index is 380. The van der Waals surface area contributed by atoms with Crippen LogP contribution in [0.3, 0.4) is 0 Å². The number of benzene rings is 1. The number of piperidine rings is 1. The summed E-state index contributed by atoms with van der Waals surface area (Å²) in [5.74, 6) is 0. The number of ether oxygens (including phenoxy) is 1. The Morgan fingerprint density at radius 1 is 1.16 bits per heavy atom. The zero-order valence-corrected chi connectivity index (χ0v) is 11.8. The molecule has 0 radical (unpaired) electrons. The molecule has 104 valence electrons. The minimum absolute atomic E-state index is 0.286. The topological polar surface area (TPSA) is 21.3 Å². The van der Waals surface area contributed by atoms with Gasteiger partial charge in [0.2, 0.25) is 0 Å². The van der Waals surface area contributed by atoms with Crippen LogP contribution in [0, 0.1) is 0 Å². The van der Waals surface area contributed by atoms with Crippen LogP contribution in [0.5, 0.6) is 0 Å². The van der Waals surface area contributed by atoms with Crippen LogP contribution in [0.15, 0.2) is 30.3 Å². The van der Waals surface area contributed by atoms with E-state index in [-0.39, 0.29) is 6.10 Å². The Morgan fingerprint density at radius 3 is 2.47 bits per heavy atom. The third-order valence-corrected chi connectivity index (χ3v) is 4.51. The molecule has 2 saturated heterocycles. The second kappa shape index (κ2) is 6.06. The number of rotatable bonds is 5. The predicted molar refractivity (Wildman–Crippen MR) is 78.1 cm³/mol. The van der Waals surface area contributed by atoms with Crippen molar-refractivity contribution in [3.8, 4) is 0 Å². The lowest BCUT2D eigenvalue weighted by Crippen LogP contribution is -2.41. The van der Waals surface area contributed by atoms with Crippen molar-refractivity contribution in [2.45, 2.75) is 69.7 Å². The van der Waals surface area contributed by atoms with Gasteiger partial charge >= 0.3 is 0 Å². The summed E-state index contributed by atoms with van der Waals surface area (Å²) in [5, 5.41) is 3.69. The fourth-order valence-electron chi connectivity index (χ4n) is 3.59. The third kappa shape index (κ3) is 3.18. The number of fused-ring (bicyclic) bond motifs is 2. The van der Waals surface area contributed by atoms with Gasteiger partial charge in [0.25, 0.3) is 0 Å². The second-order valence-electron chi connectivity index (χ2n) is 6.06. The molecule has 2 bridgehead atoms. The monoisotopic (exact) mass is 259 g/mol. The molecular formula is C17H25NO. The van der Waals surface area contributed by atoms with E-state index in [4.69, 9.17) is 4.74 Å². The lowest BCUT2D eigenvalue weighted by Gasteiger charge is -2.32. The van der Waals surface area contributed by atoms with Gasteiger partial charge in [-0.05, 0) is 37.7 Å². The van der Waals surface area contributed by atoms with Gasteiger partial charge in [0.15, 0.2) is 0 Å². The number of hydrogen-bond acceptors (Lipinski definition) is 2. The average Bonchev–Trinajstić information content (AvgIpc) is 2.78. The Balaban J connectivity index is 1.65. The van der Waals surface area contributed by atoms with Crippen LogP contribution in [0.4, 0.5) is 0 Å². The quantitative estimate of drug-likeness (QED) is 0.867. The first-order valence-corrected chi connectivity index (χ1v) is 7.81. The Morgan fingerprint density at radius 2 is 1.84 bits per heavy atom. The zero-order valence-electron chi connectivity index (χ0n) is 11.8. The molecule has 0 aliphatic carbocycles. The third-order valence-electron chi connectivity index (χ3n) is 4.51. The molecule has 4 atom stereocenters. The van der Waals surface area contributed by atoms with E-state index in [9.17, 15) is 0 Å². The summed E-state index contributed by atoms with van der Waals surface area (Å²) in [5.41, 5.74) is 1.34. The molecule has 0 aromatic heterocycles. The predicted octanol–water partition coefficient (Wildman–Crippen LogP) is 3.83. The highest BCUT2D eigenvalue weighted by Gasteiger charge is 2.34. The van der Waals surface area contributed by atoms with Crippen molar-refractivity contribution in [3.63, 3.8) is 0 Å². The van der Waals surface area contributed by atoms with Crippen molar-refractivity contribution in [1.29, 1.82) is 0 Å². The average molecular weight is 259 g/mol. The largest absolute Gasteiger partial charge is 0.370 e. The van der Waals surface area contributed by atoms with Gasteiger partial charge in [-0.15, -0.1) is 0 Å². The second-order valence-corrected chi connectivity index (χ2v) is 6.06. The van der Waals surface area contributed by atoms with Crippen molar-refractivity contribution in [3.05, 3.63) is 35.9 Å². The van der Waals surface area contributed by atoms with E-state index in [0.717, 1.165) is 6.42 Å². The summed E-state index contributed by atoms with van der Waals surface area (Å²) in [6, 6.07) is 12.1. The molecule has 2 aliphatic heterocycles. The lowest BCUT2D eigenvalue weighted by molar-refractivity contribution is -0.0407. The minimum Gasteiger partial charge on any atom is -0.370 e. The molecule has 0 spiro atoms. The summed E-state index contributed by atoms with van der Waals surface area (Å²) in [6.07, 6.45) is 8.13. The molecule has 2 aliphatic rings. The van der Waals surface area contributed by atoms with E-state index in [0.29, 0.717) is 18.2 Å². The van der Waals surface area contributed by atoms with E-state index < -0.39 is 0 Å². The van der Waals surface area contributed by atoms with Gasteiger partial charge in [-0.25, -0.2) is 0 Å². The maximum atomic E-state index is 6.46. The van der Waals surface area contributed by atoms with Gasteiger partial charge in [-0.3, -0.25) is 0 Å². The first-order valence-electron chi connectivity index (χ1n) is 7.81. The summed E-state index contributed by atoms with van der Waals surface area (Å²) in [6.45, 7) is 2.24. The highest BCUT2D eigenvalue weighted by molar-refractivity contribution is 5.17. The number of nitrogens with one attached hydrogen (secondary N) is 1. The minimum atomic E-state index is 0.286. The molecule has 1 aromatic carbocycles. The van der Waals surface area contributed by atoms with Crippen molar-refractivity contribution in [1.82, 2.24) is 5.32 Å². The van der Waals surface area contributed by atoms with E-state index in [2.05, 4.69) is 42.6 Å². The highest BCUT2D eigenvalue weighted by Crippen LogP contribution is 2.33. The molecule has 2 unspecified atom stereocenters. The first kappa shape index (κ1) is 13.1. The molecule has 1 N–H and O–H groups in total. The SMILES string of the molecule is CCCC(OC1C[C@H]2CC[C@@H](C1)N2)c1ccccc1. The van der Waals surface area contributed by atoms with Crippen LogP contribution in [0.2, 0.25) is 0 Å². The van der Waals surface area contributed by atoms with E-state index >= 15 is 0 Å². The van der Waals surface area contributed by atoms with Crippen LogP contribution in [-0.2, 0) is 4.74 Å². The van der Waals surface area contributed by atoms with Crippen LogP contribution in [-0.4, -0.2) is 18.2 Å². The zero-order chi connectivity index (χ0) is 13.1. The molecule has 1 aromatic rings. The Hall–Kier alpha value is -0.860. The highest BCUT2D eigenvalue weighted by atomic mass is 16.5. The summed E-state index contributed by atoms with van der Waals surface area (Å²) in [7, 11) is 0. The maximum Gasteiger partial charge on any atom is 0.0828 e. The number of hydrogen-bond donors (Lipinski definition) is 1. The van der Waals surface area contributed by atoms with Crippen molar-refractivity contribution < 1.29 is 4.74 Å². The van der Waals surface area contributed by atoms with Crippen LogP contribution >= 0.6 is 0 Å². The molecule has 0 amide bonds. The van der Waals surface area contributed by atoms with Gasteiger partial charge in [0, 0.05) is 12.1 Å². The summed E-state index contributed by atoms with van der Waals surface area (Å²) in [4.78, 5) is 0. The van der Waals surface area contributed by atoms with Crippen LogP contribution in [0.25, 0.3) is 0 Å². The van der Waals surface area contributed by atoms with Gasteiger partial charge < -0.3 is 10.1 Å². The van der Waals surface area contributed by atoms with Gasteiger partial charge in [0.1, 0.15) is 0 Å². The molecular weight excluding hydrogens is 234 g/mol. The van der Waals surface area contributed by atoms with Gasteiger partial charge in [-0.2, -0.15) is 0 Å². The van der Waals surface area contributed by atoms with Crippen molar-refractivity contribution in [2.24, 2.45) is 0 Å². The molecule has 2 nitrogen and oxygen atoms in total. The molecule has 0 saturated carbocycles. The van der Waals surface area contributed by atoms with Crippen molar-refractivity contribution >= 4 is 0 Å². The van der Waals surface area contributed by atoms with Gasteiger partial charge in [-0.1, -0.05) is 43.7 Å². The van der Waals surface area contributed by atoms with E-state index in [1.54, 1.807) is 0 Å². The van der Waals surface area contributed by atoms with Crippen LogP contribution < -0.4 is 5.32 Å². The van der Waals surface area contributed by atoms with Gasteiger partial charge in [0.05, 0.1) is 12.2 Å². The molecule has 2 fully saturated rings. The van der Waals surface area contributed by atoms with Crippen molar-refractivity contribution in [2.75, 3.05) is 0 Å². The van der Waals surface area contributed by atoms with E-state index in [1.165, 1.54) is 37.7 Å². The fraction of sp³-hybridized carbons (Fsp3) is 0.647. The molecule has 19 heavy (non-hydrogen) atoms. The van der Waals surface area contributed by atoms with E-state index in [1.807, 2.05) is 0 Å². The lowest BCUT2D eigenvalue weighted by atomic mass is 10.0. The summed E-state index contributed by atoms with van der Waals surface area (Å²) < 4.78 is 6.46. The fourth-order valence-corrected chi connectivity index (χ4v) is 3.59. The maximum absolute atomic E-state index is 6.46. The standard InChI is InChI=1S/C17H25NO/c1-2-6-17(13-7-4-3-5-8-13)19-16-11-14-9-10-15(12-16)18-14/h3-5,7-8,14-18H,2,6,9-12H2,1H3/t14-,15+,16?,17?. The Labute approximate surface area is 116 Å².